The molecular weight excluding hydrogens is 367 g/mol. The van der Waals surface area contributed by atoms with E-state index in [1.165, 1.54) is 18.2 Å². The van der Waals surface area contributed by atoms with E-state index in [1.54, 1.807) is 6.92 Å². The van der Waals surface area contributed by atoms with Crippen LogP contribution in [0.5, 0.6) is 0 Å². The first-order valence-corrected chi connectivity index (χ1v) is 9.57. The number of carbonyl (C=O) groups is 1. The molecule has 1 aromatic rings. The third kappa shape index (κ3) is 4.17. The van der Waals surface area contributed by atoms with Gasteiger partial charge in [0.25, 0.3) is 0 Å². The lowest BCUT2D eigenvalue weighted by Crippen LogP contribution is -2.30. The van der Waals surface area contributed by atoms with E-state index in [2.05, 4.69) is 11.4 Å². The van der Waals surface area contributed by atoms with Gasteiger partial charge < -0.3 is 10.1 Å². The van der Waals surface area contributed by atoms with Gasteiger partial charge >= 0.3 is 5.97 Å². The van der Waals surface area contributed by atoms with E-state index in [0.29, 0.717) is 41.4 Å². The predicted molar refractivity (Wildman–Crippen MR) is 101 cm³/mol. The van der Waals surface area contributed by atoms with E-state index in [1.807, 2.05) is 6.92 Å². The molecule has 0 radical (unpaired) electrons. The van der Waals surface area contributed by atoms with Crippen LogP contribution in [0.4, 0.5) is 4.39 Å². The van der Waals surface area contributed by atoms with Crippen molar-refractivity contribution in [1.82, 2.24) is 5.32 Å². The number of nitriles is 1. The molecule has 1 aliphatic carbocycles. The van der Waals surface area contributed by atoms with Gasteiger partial charge in [-0.15, -0.1) is 0 Å². The highest BCUT2D eigenvalue weighted by Crippen LogP contribution is 2.42. The fourth-order valence-corrected chi connectivity index (χ4v) is 3.61. The van der Waals surface area contributed by atoms with E-state index < -0.39 is 17.7 Å². The van der Waals surface area contributed by atoms with Crippen LogP contribution in [0.25, 0.3) is 0 Å². The molecule has 4 nitrogen and oxygen atoms in total. The lowest BCUT2D eigenvalue weighted by atomic mass is 9.80. The van der Waals surface area contributed by atoms with Crippen molar-refractivity contribution in [2.24, 2.45) is 5.92 Å². The van der Waals surface area contributed by atoms with Crippen LogP contribution in [-0.2, 0) is 9.53 Å². The van der Waals surface area contributed by atoms with Crippen LogP contribution in [0.2, 0.25) is 5.02 Å². The average Bonchev–Trinajstić information content (AvgIpc) is 3.44. The molecule has 1 unspecified atom stereocenters. The molecule has 0 amide bonds. The van der Waals surface area contributed by atoms with Gasteiger partial charge in [-0.2, -0.15) is 5.26 Å². The Morgan fingerprint density at radius 3 is 2.78 bits per heavy atom. The summed E-state index contributed by atoms with van der Waals surface area (Å²) in [4.78, 5) is 13.0. The highest BCUT2D eigenvalue weighted by atomic mass is 35.5. The molecule has 1 saturated carbocycles. The third-order valence-electron chi connectivity index (χ3n) is 4.91. The number of allylic oxidation sites excluding steroid dienone is 3. The van der Waals surface area contributed by atoms with Crippen molar-refractivity contribution in [1.29, 1.82) is 5.26 Å². The number of hydrogen-bond acceptors (Lipinski definition) is 4. The number of nitrogens with one attached hydrogen (secondary N) is 1. The Morgan fingerprint density at radius 1 is 1.44 bits per heavy atom. The Hall–Kier alpha value is -2.32. The number of rotatable bonds is 6. The number of dihydropyridines is 1. The summed E-state index contributed by atoms with van der Waals surface area (Å²) in [5, 5.41) is 13.1. The van der Waals surface area contributed by atoms with Crippen molar-refractivity contribution < 1.29 is 13.9 Å². The maximum absolute atomic E-state index is 13.6. The zero-order chi connectivity index (χ0) is 19.6. The normalized spacial score (nSPS) is 19.6. The Morgan fingerprint density at radius 2 is 2.19 bits per heavy atom. The number of halogens is 2. The fraction of sp³-hybridized carbons (Fsp3) is 0.429. The maximum Gasteiger partial charge on any atom is 0.336 e. The number of nitrogens with zero attached hydrogens (tertiary/aromatic N) is 1. The molecule has 2 aliphatic rings. The standard InChI is InChI=1S/C21H22ClFN2O2/c1-3-4-18-20(21(26)27-11-13-5-6-13)19(16(10-24)12(2)25-18)15-8-7-14(23)9-17(15)22/h7-9,13,19,25H,3-6,11H2,1-2H3. The smallest absolute Gasteiger partial charge is 0.336 e. The van der Waals surface area contributed by atoms with E-state index in [9.17, 15) is 14.4 Å². The van der Waals surface area contributed by atoms with Gasteiger partial charge in [-0.1, -0.05) is 31.0 Å². The first-order valence-electron chi connectivity index (χ1n) is 9.19. The lowest BCUT2D eigenvalue weighted by molar-refractivity contribution is -0.139. The second kappa shape index (κ2) is 8.14. The van der Waals surface area contributed by atoms with Gasteiger partial charge in [0.2, 0.25) is 0 Å². The molecule has 1 N–H and O–H groups in total. The predicted octanol–water partition coefficient (Wildman–Crippen LogP) is 4.97. The molecule has 1 heterocycles. The zero-order valence-electron chi connectivity index (χ0n) is 15.4. The summed E-state index contributed by atoms with van der Waals surface area (Å²) in [5.41, 5.74) is 2.72. The molecular formula is C21H22ClFN2O2. The molecule has 1 atom stereocenters. The zero-order valence-corrected chi connectivity index (χ0v) is 16.2. The summed E-state index contributed by atoms with van der Waals surface area (Å²) in [7, 11) is 0. The molecule has 6 heteroatoms. The van der Waals surface area contributed by atoms with E-state index in [-0.39, 0.29) is 5.02 Å². The Bertz CT molecular complexity index is 865. The minimum Gasteiger partial charge on any atom is -0.462 e. The van der Waals surface area contributed by atoms with Crippen LogP contribution in [0.15, 0.2) is 40.7 Å². The first-order chi connectivity index (χ1) is 13.0. The van der Waals surface area contributed by atoms with Crippen LogP contribution < -0.4 is 5.32 Å². The minimum atomic E-state index is -0.669. The van der Waals surface area contributed by atoms with Crippen molar-refractivity contribution >= 4 is 17.6 Å². The Labute approximate surface area is 163 Å². The summed E-state index contributed by atoms with van der Waals surface area (Å²) in [6, 6.07) is 6.23. The average molecular weight is 389 g/mol. The maximum atomic E-state index is 13.6. The van der Waals surface area contributed by atoms with Crippen LogP contribution in [0, 0.1) is 23.1 Å². The van der Waals surface area contributed by atoms with Gasteiger partial charge in [0.15, 0.2) is 0 Å². The SMILES string of the molecule is CCCC1=C(C(=O)OCC2CC2)C(c2ccc(F)cc2Cl)C(C#N)=C(C)N1. The van der Waals surface area contributed by atoms with Gasteiger partial charge in [0.1, 0.15) is 5.82 Å². The summed E-state index contributed by atoms with van der Waals surface area (Å²) in [6.07, 6.45) is 3.60. The van der Waals surface area contributed by atoms with Crippen molar-refractivity contribution in [3.05, 3.63) is 57.1 Å². The van der Waals surface area contributed by atoms with Crippen LogP contribution in [0.1, 0.15) is 51.0 Å². The highest BCUT2D eigenvalue weighted by Gasteiger charge is 2.37. The van der Waals surface area contributed by atoms with Gasteiger partial charge in [-0.05, 0) is 49.8 Å². The second-order valence-electron chi connectivity index (χ2n) is 7.06. The van der Waals surface area contributed by atoms with Crippen LogP contribution in [-0.4, -0.2) is 12.6 Å². The van der Waals surface area contributed by atoms with Gasteiger partial charge in [0.05, 0.1) is 29.7 Å². The quantitative estimate of drug-likeness (QED) is 0.699. The summed E-state index contributed by atoms with van der Waals surface area (Å²) in [5.74, 6) is -1.14. The Kier molecular flexibility index (Phi) is 5.86. The molecule has 0 saturated heterocycles. The molecule has 0 bridgehead atoms. The van der Waals surface area contributed by atoms with Gasteiger partial charge in [-0.25, -0.2) is 9.18 Å². The lowest BCUT2D eigenvalue weighted by Gasteiger charge is -2.30. The molecule has 1 aliphatic heterocycles. The number of benzene rings is 1. The summed E-state index contributed by atoms with van der Waals surface area (Å²) < 4.78 is 19.1. The van der Waals surface area contributed by atoms with E-state index in [4.69, 9.17) is 16.3 Å². The summed E-state index contributed by atoms with van der Waals surface area (Å²) in [6.45, 7) is 4.20. The molecule has 1 aromatic carbocycles. The second-order valence-corrected chi connectivity index (χ2v) is 7.47. The molecule has 3 rings (SSSR count). The number of ether oxygens (including phenoxy) is 1. The number of esters is 1. The molecule has 0 spiro atoms. The van der Waals surface area contributed by atoms with Crippen LogP contribution >= 0.6 is 11.6 Å². The van der Waals surface area contributed by atoms with Gasteiger partial charge in [0, 0.05) is 16.4 Å². The highest BCUT2D eigenvalue weighted by molar-refractivity contribution is 6.31. The first kappa shape index (κ1) is 19.4. The van der Waals surface area contributed by atoms with Crippen molar-refractivity contribution in [3.8, 4) is 6.07 Å². The van der Waals surface area contributed by atoms with Gasteiger partial charge in [-0.3, -0.25) is 0 Å². The monoisotopic (exact) mass is 388 g/mol. The Balaban J connectivity index is 2.09. The van der Waals surface area contributed by atoms with Crippen LogP contribution in [0.3, 0.4) is 0 Å². The van der Waals surface area contributed by atoms with Crippen molar-refractivity contribution in [2.45, 2.75) is 45.4 Å². The third-order valence-corrected chi connectivity index (χ3v) is 5.23. The summed E-state index contributed by atoms with van der Waals surface area (Å²) >= 11 is 6.30. The molecule has 142 valence electrons. The minimum absolute atomic E-state index is 0.186. The molecule has 0 aromatic heterocycles. The fourth-order valence-electron chi connectivity index (χ4n) is 3.34. The van der Waals surface area contributed by atoms with E-state index >= 15 is 0 Å². The van der Waals surface area contributed by atoms with Crippen molar-refractivity contribution in [3.63, 3.8) is 0 Å². The van der Waals surface area contributed by atoms with E-state index in [0.717, 1.165) is 25.0 Å². The molecule has 27 heavy (non-hydrogen) atoms. The topological polar surface area (TPSA) is 62.1 Å². The number of hydrogen-bond donors (Lipinski definition) is 1. The van der Waals surface area contributed by atoms with Crippen molar-refractivity contribution in [2.75, 3.05) is 6.61 Å². The largest absolute Gasteiger partial charge is 0.462 e. The molecule has 1 fully saturated rings. The number of carbonyl (C=O) groups excluding carboxylic acids is 1.